The lowest BCUT2D eigenvalue weighted by molar-refractivity contribution is -0.384. The zero-order valence-electron chi connectivity index (χ0n) is 13.7. The number of amides is 1. The quantitative estimate of drug-likeness (QED) is 0.328. The molecule has 132 valence electrons. The molecule has 26 heavy (non-hydrogen) atoms. The number of rotatable bonds is 5. The number of nitro groups is 1. The molecule has 2 aromatic carbocycles. The molecule has 1 fully saturated rings. The molecule has 0 spiro atoms. The Morgan fingerprint density at radius 3 is 2.58 bits per heavy atom. The van der Waals surface area contributed by atoms with E-state index < -0.39 is 4.92 Å². The minimum absolute atomic E-state index is 0.0413. The number of non-ortho nitro benzene ring substituents is 1. The van der Waals surface area contributed by atoms with E-state index in [-0.39, 0.29) is 11.6 Å². The van der Waals surface area contributed by atoms with Gasteiger partial charge in [-0.3, -0.25) is 19.8 Å². The molecule has 0 atom stereocenters. The van der Waals surface area contributed by atoms with Crippen LogP contribution in [0.25, 0.3) is 6.08 Å². The normalized spacial score (nSPS) is 15.6. The number of carbonyl (C=O) groups excluding carboxylic acids is 1. The maximum atomic E-state index is 12.8. The minimum Gasteiger partial charge on any atom is -0.493 e. The summed E-state index contributed by atoms with van der Waals surface area (Å²) in [4.78, 5) is 24.9. The van der Waals surface area contributed by atoms with E-state index in [1.165, 1.54) is 40.9 Å². The number of thiocarbonyl (C=S) groups is 1. The lowest BCUT2D eigenvalue weighted by Crippen LogP contribution is -2.27. The van der Waals surface area contributed by atoms with Gasteiger partial charge in [-0.25, -0.2) is 0 Å². The van der Waals surface area contributed by atoms with Gasteiger partial charge in [-0.2, -0.15) is 0 Å². The molecule has 1 aliphatic heterocycles. The summed E-state index contributed by atoms with van der Waals surface area (Å²) in [5, 5.41) is 10.8. The second-order valence-electron chi connectivity index (χ2n) is 5.26. The van der Waals surface area contributed by atoms with Gasteiger partial charge in [0.15, 0.2) is 4.32 Å². The first-order valence-corrected chi connectivity index (χ1v) is 8.98. The molecule has 0 aliphatic carbocycles. The number of nitrogens with zero attached hydrogens (tertiary/aromatic N) is 2. The van der Waals surface area contributed by atoms with Crippen LogP contribution >= 0.6 is 24.0 Å². The molecule has 3 rings (SSSR count). The number of para-hydroxylation sites is 1. The van der Waals surface area contributed by atoms with Gasteiger partial charge < -0.3 is 4.74 Å². The number of benzene rings is 2. The van der Waals surface area contributed by atoms with Gasteiger partial charge in [-0.15, -0.1) is 0 Å². The van der Waals surface area contributed by atoms with Crippen molar-refractivity contribution < 1.29 is 14.5 Å². The highest BCUT2D eigenvalue weighted by molar-refractivity contribution is 8.27. The number of nitro benzene ring substituents is 1. The summed E-state index contributed by atoms with van der Waals surface area (Å²) in [6.45, 7) is 2.42. The molecule has 0 unspecified atom stereocenters. The first-order valence-electron chi connectivity index (χ1n) is 7.75. The van der Waals surface area contributed by atoms with Crippen molar-refractivity contribution >= 4 is 51.7 Å². The summed E-state index contributed by atoms with van der Waals surface area (Å²) >= 11 is 6.51. The van der Waals surface area contributed by atoms with Gasteiger partial charge in [0.05, 0.1) is 22.1 Å². The van der Waals surface area contributed by atoms with Gasteiger partial charge in [0, 0.05) is 17.7 Å². The Hall–Kier alpha value is -2.71. The topological polar surface area (TPSA) is 72.7 Å². The standard InChI is InChI=1S/C18H14N2O4S2/c1-2-24-15-6-4-3-5-12(15)11-16-17(21)19(18(25)26-16)13-7-9-14(10-8-13)20(22)23/h3-11H,2H2,1H3/b16-11-. The zero-order chi connectivity index (χ0) is 18.7. The molecular weight excluding hydrogens is 372 g/mol. The summed E-state index contributed by atoms with van der Waals surface area (Å²) < 4.78 is 5.96. The van der Waals surface area contributed by atoms with Crippen LogP contribution in [0.15, 0.2) is 53.4 Å². The van der Waals surface area contributed by atoms with Crippen LogP contribution in [0, 0.1) is 10.1 Å². The van der Waals surface area contributed by atoms with Crippen molar-refractivity contribution in [3.05, 3.63) is 69.1 Å². The van der Waals surface area contributed by atoms with Crippen molar-refractivity contribution in [3.8, 4) is 5.75 Å². The second-order valence-corrected chi connectivity index (χ2v) is 6.94. The first-order chi connectivity index (χ1) is 12.5. The molecule has 0 radical (unpaired) electrons. The van der Waals surface area contributed by atoms with Crippen molar-refractivity contribution in [3.63, 3.8) is 0 Å². The Kier molecular flexibility index (Phi) is 5.34. The summed E-state index contributed by atoms with van der Waals surface area (Å²) in [5.74, 6) is 0.427. The highest BCUT2D eigenvalue weighted by Crippen LogP contribution is 2.37. The monoisotopic (exact) mass is 386 g/mol. The number of hydrogen-bond acceptors (Lipinski definition) is 6. The van der Waals surface area contributed by atoms with Gasteiger partial charge in [-0.05, 0) is 31.2 Å². The number of carbonyl (C=O) groups is 1. The minimum atomic E-state index is -0.487. The first kappa shape index (κ1) is 18.1. The fourth-order valence-corrected chi connectivity index (χ4v) is 3.73. The molecule has 2 aromatic rings. The predicted octanol–water partition coefficient (Wildman–Crippen LogP) is 4.40. The molecule has 1 heterocycles. The molecule has 1 aliphatic rings. The summed E-state index contributed by atoms with van der Waals surface area (Å²) in [6, 6.07) is 13.2. The van der Waals surface area contributed by atoms with Crippen LogP contribution < -0.4 is 9.64 Å². The molecule has 6 nitrogen and oxygen atoms in total. The molecule has 0 bridgehead atoms. The Labute approximate surface area is 159 Å². The third kappa shape index (κ3) is 3.61. The van der Waals surface area contributed by atoms with E-state index in [9.17, 15) is 14.9 Å². The fraction of sp³-hybridized carbons (Fsp3) is 0.111. The lowest BCUT2D eigenvalue weighted by atomic mass is 10.2. The van der Waals surface area contributed by atoms with E-state index in [0.717, 1.165) is 5.56 Å². The molecule has 0 N–H and O–H groups in total. The van der Waals surface area contributed by atoms with E-state index in [0.29, 0.717) is 27.3 Å². The molecule has 8 heteroatoms. The van der Waals surface area contributed by atoms with Crippen LogP contribution in [-0.4, -0.2) is 21.8 Å². The largest absolute Gasteiger partial charge is 0.493 e. The predicted molar refractivity (Wildman–Crippen MR) is 106 cm³/mol. The maximum Gasteiger partial charge on any atom is 0.270 e. The third-order valence-electron chi connectivity index (χ3n) is 3.62. The van der Waals surface area contributed by atoms with Crippen LogP contribution in [0.5, 0.6) is 5.75 Å². The average molecular weight is 386 g/mol. The van der Waals surface area contributed by atoms with Gasteiger partial charge in [-0.1, -0.05) is 42.2 Å². The van der Waals surface area contributed by atoms with Crippen molar-refractivity contribution in [2.24, 2.45) is 0 Å². The molecule has 0 saturated carbocycles. The van der Waals surface area contributed by atoms with E-state index >= 15 is 0 Å². The fourth-order valence-electron chi connectivity index (χ4n) is 2.44. The highest BCUT2D eigenvalue weighted by Gasteiger charge is 2.33. The van der Waals surface area contributed by atoms with Crippen LogP contribution in [0.3, 0.4) is 0 Å². The Bertz CT molecular complexity index is 910. The van der Waals surface area contributed by atoms with Crippen LogP contribution in [0.2, 0.25) is 0 Å². The Morgan fingerprint density at radius 2 is 1.92 bits per heavy atom. The van der Waals surface area contributed by atoms with Crippen LogP contribution in [-0.2, 0) is 4.79 Å². The maximum absolute atomic E-state index is 12.8. The van der Waals surface area contributed by atoms with Gasteiger partial charge in [0.2, 0.25) is 0 Å². The highest BCUT2D eigenvalue weighted by atomic mass is 32.2. The van der Waals surface area contributed by atoms with E-state index in [1.807, 2.05) is 31.2 Å². The van der Waals surface area contributed by atoms with Crippen molar-refractivity contribution in [2.45, 2.75) is 6.92 Å². The summed E-state index contributed by atoms with van der Waals surface area (Å²) in [5.41, 5.74) is 1.25. The molecular formula is C18H14N2O4S2. The van der Waals surface area contributed by atoms with Gasteiger partial charge in [0.25, 0.3) is 11.6 Å². The number of thioether (sulfide) groups is 1. The lowest BCUT2D eigenvalue weighted by Gasteiger charge is -2.14. The number of anilines is 1. The second kappa shape index (κ2) is 7.67. The molecule has 0 aromatic heterocycles. The number of hydrogen-bond donors (Lipinski definition) is 0. The molecule has 1 amide bonds. The number of ether oxygens (including phenoxy) is 1. The summed E-state index contributed by atoms with van der Waals surface area (Å²) in [6.07, 6.45) is 1.75. The van der Waals surface area contributed by atoms with Crippen molar-refractivity contribution in [2.75, 3.05) is 11.5 Å². The van der Waals surface area contributed by atoms with Crippen LogP contribution in [0.1, 0.15) is 12.5 Å². The van der Waals surface area contributed by atoms with Gasteiger partial charge >= 0.3 is 0 Å². The Balaban J connectivity index is 1.91. The average Bonchev–Trinajstić information content (AvgIpc) is 2.90. The van der Waals surface area contributed by atoms with Crippen molar-refractivity contribution in [1.82, 2.24) is 0 Å². The SMILES string of the molecule is CCOc1ccccc1/C=C1\SC(=S)N(c2ccc([N+](=O)[O-])cc2)C1=O. The molecule has 1 saturated heterocycles. The van der Waals surface area contributed by atoms with Crippen LogP contribution in [0.4, 0.5) is 11.4 Å². The van der Waals surface area contributed by atoms with Gasteiger partial charge in [0.1, 0.15) is 5.75 Å². The van der Waals surface area contributed by atoms with E-state index in [1.54, 1.807) is 6.08 Å². The third-order valence-corrected chi connectivity index (χ3v) is 4.92. The zero-order valence-corrected chi connectivity index (χ0v) is 15.4. The van der Waals surface area contributed by atoms with Crippen molar-refractivity contribution in [1.29, 1.82) is 0 Å². The smallest absolute Gasteiger partial charge is 0.270 e. The van der Waals surface area contributed by atoms with E-state index in [2.05, 4.69) is 0 Å². The summed E-state index contributed by atoms with van der Waals surface area (Å²) in [7, 11) is 0. The van der Waals surface area contributed by atoms with E-state index in [4.69, 9.17) is 17.0 Å². The Morgan fingerprint density at radius 1 is 1.23 bits per heavy atom.